The number of hydrogen-bond donors (Lipinski definition) is 1. The quantitative estimate of drug-likeness (QED) is 0.593. The van der Waals surface area contributed by atoms with E-state index in [9.17, 15) is 15.3 Å². The molecule has 0 saturated heterocycles. The normalized spacial score (nSPS) is 18.0. The Morgan fingerprint density at radius 2 is 1.59 bits per heavy atom. The molecule has 3 aromatic rings. The highest BCUT2D eigenvalue weighted by Gasteiger charge is 2.33. The van der Waals surface area contributed by atoms with Gasteiger partial charge in [0.25, 0.3) is 5.56 Å². The van der Waals surface area contributed by atoms with E-state index in [1.54, 1.807) is 42.5 Å². The molecule has 3 aliphatic heterocycles. The van der Waals surface area contributed by atoms with Gasteiger partial charge < -0.3 is 24.7 Å². The van der Waals surface area contributed by atoms with Crippen molar-refractivity contribution in [2.75, 3.05) is 13.6 Å². The molecule has 1 atom stereocenters. The van der Waals surface area contributed by atoms with Crippen molar-refractivity contribution in [1.82, 2.24) is 4.57 Å². The third-order valence-electron chi connectivity index (χ3n) is 5.81. The summed E-state index contributed by atoms with van der Waals surface area (Å²) in [5.41, 5.74) is 7.70. The Morgan fingerprint density at radius 3 is 2.29 bits per heavy atom. The zero-order valence-electron chi connectivity index (χ0n) is 17.4. The summed E-state index contributed by atoms with van der Waals surface area (Å²) in [4.78, 5) is 13.3. The minimum Gasteiger partial charge on any atom is -0.454 e. The maximum Gasteiger partial charge on any atom is 0.274 e. The van der Waals surface area contributed by atoms with Crippen molar-refractivity contribution in [3.05, 3.63) is 72.6 Å². The first-order valence-electron chi connectivity index (χ1n) is 10.2. The Kier molecular flexibility index (Phi) is 4.37. The summed E-state index contributed by atoms with van der Waals surface area (Å²) in [6, 6.07) is 14.9. The average molecular weight is 470 g/mol. The van der Waals surface area contributed by atoms with Crippen LogP contribution in [0.5, 0.6) is 23.0 Å². The van der Waals surface area contributed by atoms with E-state index in [0.29, 0.717) is 37.8 Å². The summed E-state index contributed by atoms with van der Waals surface area (Å²) in [5.74, 6) is 1.61. The molecular formula is C24H14N4O5S. The van der Waals surface area contributed by atoms with Crippen molar-refractivity contribution in [1.29, 1.82) is 10.5 Å². The predicted octanol–water partition coefficient (Wildman–Crippen LogP) is 1.32. The van der Waals surface area contributed by atoms with Gasteiger partial charge in [0.2, 0.25) is 13.6 Å². The van der Waals surface area contributed by atoms with Crippen molar-refractivity contribution in [3.63, 3.8) is 0 Å². The lowest BCUT2D eigenvalue weighted by atomic mass is 9.84. The summed E-state index contributed by atoms with van der Waals surface area (Å²) in [5, 5.41) is 20.0. The maximum absolute atomic E-state index is 13.3. The van der Waals surface area contributed by atoms with Crippen LogP contribution in [-0.2, 0) is 0 Å². The molecule has 0 aliphatic carbocycles. The second-order valence-corrected chi connectivity index (χ2v) is 8.68. The summed E-state index contributed by atoms with van der Waals surface area (Å²) in [7, 11) is 0. The molecule has 2 N–H and O–H groups in total. The molecule has 166 valence electrons. The van der Waals surface area contributed by atoms with Gasteiger partial charge in [-0.2, -0.15) is 10.5 Å². The number of aromatic nitrogens is 1. The molecule has 0 bridgehead atoms. The van der Waals surface area contributed by atoms with E-state index in [1.807, 2.05) is 0 Å². The summed E-state index contributed by atoms with van der Waals surface area (Å²) < 4.78 is 23.6. The molecule has 2 aromatic carbocycles. The van der Waals surface area contributed by atoms with E-state index in [-0.39, 0.29) is 30.6 Å². The van der Waals surface area contributed by atoms with Crippen LogP contribution in [0.2, 0.25) is 0 Å². The van der Waals surface area contributed by atoms with E-state index >= 15 is 0 Å². The Balaban J connectivity index is 1.58. The summed E-state index contributed by atoms with van der Waals surface area (Å²) >= 11 is 1.15. The van der Waals surface area contributed by atoms with Crippen molar-refractivity contribution in [2.45, 2.75) is 5.92 Å². The fraction of sp³-hybridized carbons (Fsp3) is 0.125. The minimum atomic E-state index is -0.735. The van der Waals surface area contributed by atoms with Gasteiger partial charge >= 0.3 is 0 Å². The molecule has 9 nitrogen and oxygen atoms in total. The molecule has 0 saturated carbocycles. The molecule has 6 rings (SSSR count). The lowest BCUT2D eigenvalue weighted by Gasteiger charge is -2.22. The van der Waals surface area contributed by atoms with Crippen LogP contribution in [0.3, 0.4) is 0 Å². The lowest BCUT2D eigenvalue weighted by Crippen LogP contribution is -2.38. The van der Waals surface area contributed by atoms with E-state index < -0.39 is 11.5 Å². The molecule has 0 amide bonds. The predicted molar refractivity (Wildman–Crippen MR) is 121 cm³/mol. The van der Waals surface area contributed by atoms with Gasteiger partial charge in [-0.3, -0.25) is 9.36 Å². The molecule has 4 heterocycles. The standard InChI is InChI=1S/C24H14N4O5S/c25-8-14-21(13-2-4-17-19(7-13)33-11-31-17)15(9-26)24-28(22(14)27)23(29)20(34-24)6-12-1-3-16-18(5-12)32-10-30-16/h1-7,21H,10-11,27H2/b20-6+/t21-/m1/s1. The number of nitriles is 2. The molecule has 0 fully saturated rings. The average Bonchev–Trinajstić information content (AvgIpc) is 3.57. The molecule has 1 aromatic heterocycles. The van der Waals surface area contributed by atoms with Gasteiger partial charge in [0.1, 0.15) is 10.5 Å². The van der Waals surface area contributed by atoms with Crippen LogP contribution < -0.4 is 39.4 Å². The Labute approximate surface area is 196 Å². The lowest BCUT2D eigenvalue weighted by molar-refractivity contribution is 0.173. The van der Waals surface area contributed by atoms with Crippen LogP contribution in [0.15, 0.2) is 46.8 Å². The monoisotopic (exact) mass is 470 g/mol. The van der Waals surface area contributed by atoms with Gasteiger partial charge in [-0.05, 0) is 41.5 Å². The highest BCUT2D eigenvalue weighted by atomic mass is 32.1. The van der Waals surface area contributed by atoms with E-state index in [2.05, 4.69) is 12.1 Å². The first kappa shape index (κ1) is 20.0. The third kappa shape index (κ3) is 2.86. The van der Waals surface area contributed by atoms with Gasteiger partial charge in [-0.1, -0.05) is 12.1 Å². The zero-order chi connectivity index (χ0) is 23.4. The fourth-order valence-corrected chi connectivity index (χ4v) is 5.36. The molecular weight excluding hydrogens is 456 g/mol. The summed E-state index contributed by atoms with van der Waals surface area (Å²) in [6.45, 7) is 0.250. The zero-order valence-corrected chi connectivity index (χ0v) is 18.2. The van der Waals surface area contributed by atoms with Crippen molar-refractivity contribution < 1.29 is 18.9 Å². The number of nitrogens with zero attached hydrogens (tertiary/aromatic N) is 3. The second kappa shape index (κ2) is 7.44. The van der Waals surface area contributed by atoms with Gasteiger partial charge in [-0.25, -0.2) is 0 Å². The van der Waals surface area contributed by atoms with Crippen LogP contribution in [0, 0.1) is 22.7 Å². The van der Waals surface area contributed by atoms with Crippen molar-refractivity contribution in [2.24, 2.45) is 5.73 Å². The number of fused-ring (bicyclic) bond motifs is 3. The Hall–Kier alpha value is -4.67. The molecule has 0 spiro atoms. The smallest absolute Gasteiger partial charge is 0.274 e. The van der Waals surface area contributed by atoms with Crippen LogP contribution >= 0.6 is 11.3 Å². The maximum atomic E-state index is 13.3. The van der Waals surface area contributed by atoms with E-state index in [4.69, 9.17) is 24.7 Å². The van der Waals surface area contributed by atoms with Crippen molar-refractivity contribution >= 4 is 28.8 Å². The molecule has 3 aliphatic rings. The number of allylic oxidation sites excluding steroid dienone is 1. The molecule has 0 radical (unpaired) electrons. The Morgan fingerprint density at radius 1 is 0.941 bits per heavy atom. The molecule has 34 heavy (non-hydrogen) atoms. The van der Waals surface area contributed by atoms with E-state index in [1.165, 1.54) is 4.57 Å². The second-order valence-electron chi connectivity index (χ2n) is 7.65. The van der Waals surface area contributed by atoms with Crippen LogP contribution in [0.4, 0.5) is 0 Å². The fourth-order valence-electron chi connectivity index (χ4n) is 4.23. The highest BCUT2D eigenvalue weighted by molar-refractivity contribution is 7.07. The number of benzene rings is 2. The van der Waals surface area contributed by atoms with Crippen LogP contribution in [0.25, 0.3) is 17.5 Å². The minimum absolute atomic E-state index is 0.00533. The number of rotatable bonds is 2. The third-order valence-corrected chi connectivity index (χ3v) is 6.92. The molecule has 0 unspecified atom stereocenters. The largest absolute Gasteiger partial charge is 0.454 e. The first-order chi connectivity index (χ1) is 16.6. The van der Waals surface area contributed by atoms with Gasteiger partial charge in [-0.15, -0.1) is 11.3 Å². The number of ether oxygens (including phenoxy) is 4. The number of hydrogen-bond acceptors (Lipinski definition) is 9. The molecule has 10 heteroatoms. The number of thiazole rings is 1. The van der Waals surface area contributed by atoms with Gasteiger partial charge in [0, 0.05) is 0 Å². The highest BCUT2D eigenvalue weighted by Crippen LogP contribution is 2.41. The van der Waals surface area contributed by atoms with Gasteiger partial charge in [0.15, 0.2) is 23.0 Å². The number of nitrogens with two attached hydrogens (primary N) is 1. The van der Waals surface area contributed by atoms with Crippen LogP contribution in [0.1, 0.15) is 17.0 Å². The SMILES string of the molecule is N#CC1=C(N)n2c(s/c(=C/c3ccc4c(c3)OCO4)c2=O)=C(C#N)[C@@H]1c1ccc2c(c1)OCO2. The van der Waals surface area contributed by atoms with E-state index in [0.717, 1.165) is 16.9 Å². The Bertz CT molecular complexity index is 1690. The van der Waals surface area contributed by atoms with Gasteiger partial charge in [0.05, 0.1) is 33.7 Å². The topological polar surface area (TPSA) is 133 Å². The first-order valence-corrected chi connectivity index (χ1v) is 11.0. The van der Waals surface area contributed by atoms with Crippen molar-refractivity contribution in [3.8, 4) is 35.1 Å². The summed E-state index contributed by atoms with van der Waals surface area (Å²) in [6.07, 6.45) is 1.70. The van der Waals surface area contributed by atoms with Crippen LogP contribution in [-0.4, -0.2) is 18.2 Å².